The second kappa shape index (κ2) is 6.32. The third-order valence-corrected chi connectivity index (χ3v) is 4.60. The van der Waals surface area contributed by atoms with E-state index in [9.17, 15) is 9.59 Å². The van der Waals surface area contributed by atoms with Crippen molar-refractivity contribution in [2.75, 3.05) is 11.1 Å². The molecule has 2 aliphatic heterocycles. The molecule has 2 N–H and O–H groups in total. The Labute approximate surface area is 133 Å². The number of hydrogen-bond donors (Lipinski definition) is 2. The summed E-state index contributed by atoms with van der Waals surface area (Å²) in [5, 5.41) is 22.2. The van der Waals surface area contributed by atoms with Crippen molar-refractivity contribution in [1.29, 1.82) is 0 Å². The fourth-order valence-electron chi connectivity index (χ4n) is 1.68. The molecule has 0 saturated carbocycles. The van der Waals surface area contributed by atoms with E-state index in [1.165, 1.54) is 17.5 Å². The molecule has 0 fully saturated rings. The largest absolute Gasteiger partial charge is 0.301 e. The number of azo groups is 1. The summed E-state index contributed by atoms with van der Waals surface area (Å²) in [6, 6.07) is 0. The van der Waals surface area contributed by atoms with Gasteiger partial charge in [-0.1, -0.05) is 30.0 Å². The van der Waals surface area contributed by atoms with E-state index in [1.807, 2.05) is 6.92 Å². The molecule has 2 amide bonds. The number of nitrogens with zero attached hydrogens (tertiary/aromatic N) is 5. The Morgan fingerprint density at radius 3 is 3.14 bits per heavy atom. The maximum absolute atomic E-state index is 11.8. The van der Waals surface area contributed by atoms with Crippen molar-refractivity contribution >= 4 is 45.2 Å². The monoisotopic (exact) mass is 337 g/mol. The van der Waals surface area contributed by atoms with Gasteiger partial charge in [0.05, 0.1) is 17.5 Å². The number of amidine groups is 1. The molecule has 3 heterocycles. The van der Waals surface area contributed by atoms with E-state index in [4.69, 9.17) is 0 Å². The molecule has 1 aromatic heterocycles. The first-order chi connectivity index (χ1) is 10.7. The lowest BCUT2D eigenvalue weighted by Gasteiger charge is -2.16. The number of aromatic nitrogens is 2. The molecule has 0 aromatic carbocycles. The van der Waals surface area contributed by atoms with Crippen LogP contribution in [-0.2, 0) is 16.0 Å². The summed E-state index contributed by atoms with van der Waals surface area (Å²) < 4.78 is 0. The third kappa shape index (κ3) is 3.20. The zero-order valence-corrected chi connectivity index (χ0v) is 13.1. The van der Waals surface area contributed by atoms with Gasteiger partial charge in [0.15, 0.2) is 11.3 Å². The Bertz CT molecular complexity index is 709. The van der Waals surface area contributed by atoms with Gasteiger partial charge < -0.3 is 5.32 Å². The van der Waals surface area contributed by atoms with Gasteiger partial charge in [0.25, 0.3) is 5.91 Å². The van der Waals surface area contributed by atoms with Gasteiger partial charge in [0.1, 0.15) is 5.01 Å². The van der Waals surface area contributed by atoms with Crippen LogP contribution in [0.2, 0.25) is 0 Å². The first kappa shape index (κ1) is 14.8. The Balaban J connectivity index is 1.54. The van der Waals surface area contributed by atoms with E-state index >= 15 is 0 Å². The number of carbonyl (C=O) groups is 2. The SMILES string of the molecule is CCc1nnc(NC(=O)CSC2=NC3N=NC=C3C(=O)N2)s1. The number of carbonyl (C=O) groups excluding carboxylic acids is 2. The molecule has 9 nitrogen and oxygen atoms in total. The smallest absolute Gasteiger partial charge is 0.258 e. The average Bonchev–Trinajstić information content (AvgIpc) is 3.14. The summed E-state index contributed by atoms with van der Waals surface area (Å²) >= 11 is 2.46. The first-order valence-corrected chi connectivity index (χ1v) is 8.20. The topological polar surface area (TPSA) is 121 Å². The van der Waals surface area contributed by atoms with Crippen molar-refractivity contribution in [3.05, 3.63) is 16.8 Å². The third-order valence-electron chi connectivity index (χ3n) is 2.73. The Hall–Kier alpha value is -2.14. The fraction of sp³-hybridized carbons (Fsp3) is 0.364. The molecule has 114 valence electrons. The van der Waals surface area contributed by atoms with Crippen LogP contribution in [0.4, 0.5) is 5.13 Å². The lowest BCUT2D eigenvalue weighted by atomic mass is 10.2. The van der Waals surface area contributed by atoms with Crippen molar-refractivity contribution in [1.82, 2.24) is 15.5 Å². The molecule has 1 atom stereocenters. The molecule has 1 unspecified atom stereocenters. The summed E-state index contributed by atoms with van der Waals surface area (Å²) in [4.78, 5) is 27.8. The summed E-state index contributed by atoms with van der Waals surface area (Å²) in [6.45, 7) is 1.97. The lowest BCUT2D eigenvalue weighted by molar-refractivity contribution is -0.116. The zero-order chi connectivity index (χ0) is 15.5. The number of fused-ring (bicyclic) bond motifs is 1. The minimum Gasteiger partial charge on any atom is -0.301 e. The summed E-state index contributed by atoms with van der Waals surface area (Å²) in [7, 11) is 0. The van der Waals surface area contributed by atoms with Crippen LogP contribution in [0.15, 0.2) is 27.0 Å². The molecule has 11 heteroatoms. The zero-order valence-electron chi connectivity index (χ0n) is 11.4. The number of nitrogens with one attached hydrogen (secondary N) is 2. The van der Waals surface area contributed by atoms with E-state index in [0.29, 0.717) is 15.9 Å². The van der Waals surface area contributed by atoms with Crippen LogP contribution in [-0.4, -0.2) is 39.1 Å². The number of hydrogen-bond acceptors (Lipinski definition) is 9. The Morgan fingerprint density at radius 1 is 1.50 bits per heavy atom. The quantitative estimate of drug-likeness (QED) is 0.846. The molecule has 3 rings (SSSR count). The highest BCUT2D eigenvalue weighted by Crippen LogP contribution is 2.22. The number of aliphatic imine (C=N–C) groups is 1. The number of amides is 2. The van der Waals surface area contributed by atoms with Gasteiger partial charge in [-0.2, -0.15) is 10.2 Å². The van der Waals surface area contributed by atoms with Gasteiger partial charge in [-0.3, -0.25) is 14.9 Å². The first-order valence-electron chi connectivity index (χ1n) is 6.40. The van der Waals surface area contributed by atoms with Crippen molar-refractivity contribution < 1.29 is 9.59 Å². The molecule has 0 aliphatic carbocycles. The van der Waals surface area contributed by atoms with Gasteiger partial charge in [0, 0.05) is 0 Å². The van der Waals surface area contributed by atoms with E-state index in [1.54, 1.807) is 0 Å². The molecule has 0 saturated heterocycles. The molecular weight excluding hydrogens is 326 g/mol. The van der Waals surface area contributed by atoms with Crippen LogP contribution < -0.4 is 10.6 Å². The van der Waals surface area contributed by atoms with Crippen molar-refractivity contribution in [3.8, 4) is 0 Å². The highest BCUT2D eigenvalue weighted by atomic mass is 32.2. The van der Waals surface area contributed by atoms with Crippen LogP contribution in [0.1, 0.15) is 11.9 Å². The molecule has 0 spiro atoms. The minimum atomic E-state index is -0.588. The summed E-state index contributed by atoms with van der Waals surface area (Å²) in [5.74, 6) is -0.428. The van der Waals surface area contributed by atoms with Gasteiger partial charge in [-0.05, 0) is 6.42 Å². The predicted molar refractivity (Wildman–Crippen MR) is 82.7 cm³/mol. The number of rotatable bonds is 4. The highest BCUT2D eigenvalue weighted by molar-refractivity contribution is 8.14. The maximum Gasteiger partial charge on any atom is 0.258 e. The lowest BCUT2D eigenvalue weighted by Crippen LogP contribution is -2.38. The van der Waals surface area contributed by atoms with Crippen LogP contribution >= 0.6 is 23.1 Å². The molecule has 1 aromatic rings. The molecule has 22 heavy (non-hydrogen) atoms. The molecule has 2 aliphatic rings. The standard InChI is InChI=1S/C11H11N7O2S2/c1-2-7-16-18-11(22-7)13-6(19)4-21-10-14-8-5(3-12-17-8)9(20)15-10/h3,8H,2,4H2,1H3,(H,13,18,19)(H,14,15,20). The molecule has 0 radical (unpaired) electrons. The average molecular weight is 337 g/mol. The molecule has 0 bridgehead atoms. The van der Waals surface area contributed by atoms with Gasteiger partial charge >= 0.3 is 0 Å². The minimum absolute atomic E-state index is 0.100. The van der Waals surface area contributed by atoms with Gasteiger partial charge in [-0.25, -0.2) is 4.99 Å². The Kier molecular flexibility index (Phi) is 4.24. The highest BCUT2D eigenvalue weighted by Gasteiger charge is 2.29. The van der Waals surface area contributed by atoms with E-state index in [-0.39, 0.29) is 17.6 Å². The van der Waals surface area contributed by atoms with Gasteiger partial charge in [-0.15, -0.1) is 10.2 Å². The number of aryl methyl sites for hydroxylation is 1. The van der Waals surface area contributed by atoms with E-state index in [2.05, 4.69) is 36.1 Å². The summed E-state index contributed by atoms with van der Waals surface area (Å²) in [6.07, 6.45) is 1.57. The molecular formula is C11H11N7O2S2. The van der Waals surface area contributed by atoms with Crippen molar-refractivity contribution in [2.45, 2.75) is 19.5 Å². The van der Waals surface area contributed by atoms with E-state index < -0.39 is 6.17 Å². The van der Waals surface area contributed by atoms with Crippen molar-refractivity contribution in [2.24, 2.45) is 15.2 Å². The predicted octanol–water partition coefficient (Wildman–Crippen LogP) is 0.934. The van der Waals surface area contributed by atoms with Crippen LogP contribution in [0.3, 0.4) is 0 Å². The second-order valence-corrected chi connectivity index (χ2v) is 6.29. The van der Waals surface area contributed by atoms with Gasteiger partial charge in [0.2, 0.25) is 11.0 Å². The number of thioether (sulfide) groups is 1. The van der Waals surface area contributed by atoms with E-state index in [0.717, 1.165) is 23.2 Å². The maximum atomic E-state index is 11.8. The van der Waals surface area contributed by atoms with Crippen LogP contribution in [0.25, 0.3) is 0 Å². The fourth-order valence-corrected chi connectivity index (χ4v) is 3.06. The Morgan fingerprint density at radius 2 is 2.36 bits per heavy atom. The van der Waals surface area contributed by atoms with Crippen molar-refractivity contribution in [3.63, 3.8) is 0 Å². The second-order valence-electron chi connectivity index (χ2n) is 4.27. The van der Waals surface area contributed by atoms with Crippen LogP contribution in [0.5, 0.6) is 0 Å². The van der Waals surface area contributed by atoms with Crippen LogP contribution in [0, 0.1) is 0 Å². The summed E-state index contributed by atoms with van der Waals surface area (Å²) in [5.41, 5.74) is 0.412. The number of anilines is 1. The normalized spacial score (nSPS) is 19.3.